The van der Waals surface area contributed by atoms with Crippen LogP contribution in [0.4, 0.5) is 15.0 Å². The molecule has 0 unspecified atom stereocenters. The van der Waals surface area contributed by atoms with Crippen LogP contribution in [0.5, 0.6) is 0 Å². The largest absolute Gasteiger partial charge is 0.354 e. The summed E-state index contributed by atoms with van der Waals surface area (Å²) in [5.41, 5.74) is 0.854. The Kier molecular flexibility index (Phi) is 4.15. The van der Waals surface area contributed by atoms with Gasteiger partial charge in [0.05, 0.1) is 0 Å². The Balaban J connectivity index is 1.83. The molecule has 0 atom stereocenters. The number of benzene rings is 1. The molecule has 2 heterocycles. The number of hydrogen-bond acceptors (Lipinski definition) is 4. The molecule has 1 aliphatic heterocycles. The van der Waals surface area contributed by atoms with E-state index in [-0.39, 0.29) is 23.9 Å². The van der Waals surface area contributed by atoms with E-state index in [1.165, 1.54) is 13.1 Å². The number of anilines is 1. The minimum absolute atomic E-state index is 0.00133. The SMILES string of the molecule is CNC(=O)c1n[nH]nc1NC(=O)N1Cc2cccc(F)c2C(C)(C)C1. The van der Waals surface area contributed by atoms with Gasteiger partial charge in [0, 0.05) is 31.1 Å². The van der Waals surface area contributed by atoms with Crippen molar-refractivity contribution in [2.24, 2.45) is 0 Å². The van der Waals surface area contributed by atoms with Gasteiger partial charge in [0.2, 0.25) is 0 Å². The van der Waals surface area contributed by atoms with Crippen molar-refractivity contribution in [3.63, 3.8) is 0 Å². The molecule has 8 nitrogen and oxygen atoms in total. The van der Waals surface area contributed by atoms with Gasteiger partial charge < -0.3 is 10.2 Å². The number of hydrogen-bond donors (Lipinski definition) is 3. The standard InChI is InChI=1S/C16H19FN6O2/c1-16(2)8-23(7-9-5-4-6-10(17)11(9)16)15(25)19-13-12(14(24)18-3)20-22-21-13/h4-6H,7-8H2,1-3H3,(H,18,24)(H2,19,20,21,22,25). The van der Waals surface area contributed by atoms with Crippen molar-refractivity contribution in [1.82, 2.24) is 25.6 Å². The number of carbonyl (C=O) groups excluding carboxylic acids is 2. The van der Waals surface area contributed by atoms with Gasteiger partial charge in [0.1, 0.15) is 5.82 Å². The summed E-state index contributed by atoms with van der Waals surface area (Å²) in [5, 5.41) is 14.9. The lowest BCUT2D eigenvalue weighted by Gasteiger charge is -2.39. The molecular weight excluding hydrogens is 327 g/mol. The molecule has 0 aliphatic carbocycles. The van der Waals surface area contributed by atoms with Crippen LogP contribution in [0.25, 0.3) is 0 Å². The van der Waals surface area contributed by atoms with E-state index in [0.29, 0.717) is 12.1 Å². The van der Waals surface area contributed by atoms with Crippen molar-refractivity contribution in [1.29, 1.82) is 0 Å². The number of H-pyrrole nitrogens is 1. The van der Waals surface area contributed by atoms with Gasteiger partial charge in [-0.25, -0.2) is 9.18 Å². The summed E-state index contributed by atoms with van der Waals surface area (Å²) in [5.74, 6) is -0.677. The van der Waals surface area contributed by atoms with E-state index in [1.807, 2.05) is 19.9 Å². The van der Waals surface area contributed by atoms with Crippen LogP contribution in [-0.2, 0) is 12.0 Å². The minimum Gasteiger partial charge on any atom is -0.354 e. The summed E-state index contributed by atoms with van der Waals surface area (Å²) in [7, 11) is 1.46. The zero-order valence-corrected chi connectivity index (χ0v) is 14.2. The van der Waals surface area contributed by atoms with Crippen LogP contribution in [0, 0.1) is 5.82 Å². The maximum absolute atomic E-state index is 14.2. The molecule has 25 heavy (non-hydrogen) atoms. The molecule has 3 N–H and O–H groups in total. The molecular formula is C16H19FN6O2. The summed E-state index contributed by atoms with van der Waals surface area (Å²) in [6, 6.07) is 4.45. The van der Waals surface area contributed by atoms with Crippen LogP contribution >= 0.6 is 0 Å². The van der Waals surface area contributed by atoms with Crippen LogP contribution in [0.15, 0.2) is 18.2 Å². The molecule has 0 spiro atoms. The van der Waals surface area contributed by atoms with Gasteiger partial charge in [-0.2, -0.15) is 5.21 Å². The van der Waals surface area contributed by atoms with E-state index in [1.54, 1.807) is 11.0 Å². The van der Waals surface area contributed by atoms with Crippen molar-refractivity contribution in [2.45, 2.75) is 25.8 Å². The van der Waals surface area contributed by atoms with Gasteiger partial charge >= 0.3 is 6.03 Å². The first-order valence-corrected chi connectivity index (χ1v) is 7.80. The summed E-state index contributed by atoms with van der Waals surface area (Å²) in [6.45, 7) is 4.39. The van der Waals surface area contributed by atoms with Gasteiger partial charge in [-0.05, 0) is 11.6 Å². The first-order chi connectivity index (χ1) is 11.8. The summed E-state index contributed by atoms with van der Waals surface area (Å²) < 4.78 is 14.2. The Morgan fingerprint density at radius 2 is 2.08 bits per heavy atom. The molecule has 1 aromatic carbocycles. The number of halogens is 1. The lowest BCUT2D eigenvalue weighted by Crippen LogP contribution is -2.47. The van der Waals surface area contributed by atoms with E-state index in [4.69, 9.17) is 0 Å². The molecule has 9 heteroatoms. The zero-order valence-electron chi connectivity index (χ0n) is 14.2. The van der Waals surface area contributed by atoms with Crippen LogP contribution in [0.3, 0.4) is 0 Å². The number of rotatable bonds is 2. The molecule has 1 aliphatic rings. The number of aromatic nitrogens is 3. The second-order valence-electron chi connectivity index (χ2n) is 6.54. The highest BCUT2D eigenvalue weighted by molar-refractivity contribution is 6.00. The molecule has 0 radical (unpaired) electrons. The molecule has 2 aromatic rings. The lowest BCUT2D eigenvalue weighted by molar-refractivity contribution is 0.0959. The molecule has 0 saturated heterocycles. The predicted molar refractivity (Wildman–Crippen MR) is 88.6 cm³/mol. The topological polar surface area (TPSA) is 103 Å². The Morgan fingerprint density at radius 3 is 2.80 bits per heavy atom. The first-order valence-electron chi connectivity index (χ1n) is 7.80. The Bertz CT molecular complexity index is 832. The third kappa shape index (κ3) is 3.04. The highest BCUT2D eigenvalue weighted by Gasteiger charge is 2.36. The Hall–Kier alpha value is -2.97. The van der Waals surface area contributed by atoms with Crippen molar-refractivity contribution in [2.75, 3.05) is 18.9 Å². The molecule has 1 aromatic heterocycles. The van der Waals surface area contributed by atoms with E-state index in [9.17, 15) is 14.0 Å². The van der Waals surface area contributed by atoms with Gasteiger partial charge in [-0.15, -0.1) is 10.2 Å². The van der Waals surface area contributed by atoms with Crippen molar-refractivity contribution < 1.29 is 14.0 Å². The predicted octanol–water partition coefficient (Wildman–Crippen LogP) is 1.63. The molecule has 0 fully saturated rings. The monoisotopic (exact) mass is 346 g/mol. The molecule has 3 amide bonds. The number of carbonyl (C=O) groups is 2. The number of amides is 3. The molecule has 0 bridgehead atoms. The third-order valence-electron chi connectivity index (χ3n) is 4.23. The average molecular weight is 346 g/mol. The van der Waals surface area contributed by atoms with Crippen molar-refractivity contribution in [3.8, 4) is 0 Å². The van der Waals surface area contributed by atoms with Gasteiger partial charge in [-0.3, -0.25) is 10.1 Å². The average Bonchev–Trinajstić information content (AvgIpc) is 3.01. The highest BCUT2D eigenvalue weighted by Crippen LogP contribution is 2.35. The van der Waals surface area contributed by atoms with E-state index in [0.717, 1.165) is 5.56 Å². The minimum atomic E-state index is -0.538. The Morgan fingerprint density at radius 1 is 1.32 bits per heavy atom. The van der Waals surface area contributed by atoms with Crippen LogP contribution < -0.4 is 10.6 Å². The number of nitrogens with zero attached hydrogens (tertiary/aromatic N) is 3. The molecule has 132 valence electrons. The van der Waals surface area contributed by atoms with Crippen LogP contribution in [-0.4, -0.2) is 45.8 Å². The maximum Gasteiger partial charge on any atom is 0.323 e. The van der Waals surface area contributed by atoms with E-state index in [2.05, 4.69) is 26.0 Å². The molecule has 3 rings (SSSR count). The fourth-order valence-electron chi connectivity index (χ4n) is 3.19. The van der Waals surface area contributed by atoms with E-state index >= 15 is 0 Å². The Labute approximate surface area is 143 Å². The van der Waals surface area contributed by atoms with E-state index < -0.39 is 17.4 Å². The summed E-state index contributed by atoms with van der Waals surface area (Å²) in [6.07, 6.45) is 0. The van der Waals surface area contributed by atoms with Crippen molar-refractivity contribution >= 4 is 17.8 Å². The lowest BCUT2D eigenvalue weighted by atomic mass is 9.78. The third-order valence-corrected chi connectivity index (χ3v) is 4.23. The smallest absolute Gasteiger partial charge is 0.323 e. The number of aromatic amines is 1. The van der Waals surface area contributed by atoms with Gasteiger partial charge in [0.15, 0.2) is 11.5 Å². The second kappa shape index (κ2) is 6.15. The van der Waals surface area contributed by atoms with Crippen LogP contribution in [0.1, 0.15) is 35.5 Å². The van der Waals surface area contributed by atoms with Gasteiger partial charge in [-0.1, -0.05) is 26.0 Å². The number of fused-ring (bicyclic) bond motifs is 1. The fraction of sp³-hybridized carbons (Fsp3) is 0.375. The highest BCUT2D eigenvalue weighted by atomic mass is 19.1. The normalized spacial score (nSPS) is 15.4. The van der Waals surface area contributed by atoms with Crippen molar-refractivity contribution in [3.05, 3.63) is 40.8 Å². The summed E-state index contributed by atoms with van der Waals surface area (Å²) in [4.78, 5) is 25.9. The van der Waals surface area contributed by atoms with Gasteiger partial charge in [0.25, 0.3) is 5.91 Å². The maximum atomic E-state index is 14.2. The zero-order chi connectivity index (χ0) is 18.2. The quantitative estimate of drug-likeness (QED) is 0.769. The summed E-state index contributed by atoms with van der Waals surface area (Å²) >= 11 is 0. The second-order valence-corrected chi connectivity index (χ2v) is 6.54. The number of nitrogens with one attached hydrogen (secondary N) is 3. The molecule has 0 saturated carbocycles. The first kappa shape index (κ1) is 16.9. The number of urea groups is 1. The van der Waals surface area contributed by atoms with Crippen LogP contribution in [0.2, 0.25) is 0 Å². The fourth-order valence-corrected chi connectivity index (χ4v) is 3.19.